The van der Waals surface area contributed by atoms with Crippen LogP contribution in [0.5, 0.6) is 0 Å². The van der Waals surface area contributed by atoms with Gasteiger partial charge in [0.25, 0.3) is 0 Å². The van der Waals surface area contributed by atoms with E-state index in [1.165, 1.54) is 135 Å². The Morgan fingerprint density at radius 2 is 0.700 bits per heavy atom. The summed E-state index contributed by atoms with van der Waals surface area (Å²) in [5.74, 6) is -1.72. The summed E-state index contributed by atoms with van der Waals surface area (Å²) in [5, 5.41) is 19.7. The summed E-state index contributed by atoms with van der Waals surface area (Å²) in [4.78, 5) is 31.9. The third-order valence-corrected chi connectivity index (χ3v) is 7.41. The molecule has 0 aliphatic rings. The fourth-order valence-electron chi connectivity index (χ4n) is 4.80. The van der Waals surface area contributed by atoms with Crippen LogP contribution in [0.4, 0.5) is 0 Å². The normalized spacial score (nSPS) is 10.7. The highest BCUT2D eigenvalue weighted by atomic mass is 16.4. The van der Waals surface area contributed by atoms with Gasteiger partial charge in [-0.25, -0.2) is 0 Å². The van der Waals surface area contributed by atoms with Crippen LogP contribution in [0.2, 0.25) is 0 Å². The Hall–Kier alpha value is -1.59. The molecule has 40 heavy (non-hydrogen) atoms. The lowest BCUT2D eigenvalue weighted by Gasteiger charge is -2.05. The van der Waals surface area contributed by atoms with Crippen LogP contribution < -0.4 is 5.32 Å². The van der Waals surface area contributed by atoms with Crippen LogP contribution in [0.15, 0.2) is 0 Å². The molecule has 0 aliphatic carbocycles. The number of carbonyl (C=O) groups excluding carboxylic acids is 1. The van der Waals surface area contributed by atoms with E-state index in [-0.39, 0.29) is 18.7 Å². The molecule has 0 radical (unpaired) electrons. The van der Waals surface area contributed by atoms with Crippen molar-refractivity contribution in [1.82, 2.24) is 5.32 Å². The van der Waals surface area contributed by atoms with Gasteiger partial charge in [-0.15, -0.1) is 0 Å². The minimum atomic E-state index is -0.916. The molecule has 0 aromatic carbocycles. The Balaban J connectivity index is 0. The van der Waals surface area contributed by atoms with Gasteiger partial charge in [0.05, 0.1) is 6.42 Å². The predicted molar refractivity (Wildman–Crippen MR) is 169 cm³/mol. The average molecular weight is 570 g/mol. The molecule has 0 rings (SSSR count). The quantitative estimate of drug-likeness (QED) is 0.0746. The van der Waals surface area contributed by atoms with Crippen molar-refractivity contribution >= 4 is 17.8 Å². The number of hydrogen-bond acceptors (Lipinski definition) is 3. The van der Waals surface area contributed by atoms with Gasteiger partial charge in [0.1, 0.15) is 0 Å². The SMILES string of the molecule is CCCCCCCCCCCCCCCC(=O)O.CCCCCCCCCCCCCCNC(=O)CCC(=O)O. The molecule has 0 atom stereocenters. The summed E-state index contributed by atoms with van der Waals surface area (Å²) in [6.07, 6.45) is 32.9. The van der Waals surface area contributed by atoms with Gasteiger partial charge in [0.2, 0.25) is 5.91 Å². The van der Waals surface area contributed by atoms with Crippen LogP contribution in [0.1, 0.15) is 194 Å². The van der Waals surface area contributed by atoms with E-state index in [0.717, 1.165) is 25.7 Å². The van der Waals surface area contributed by atoms with Crippen LogP contribution in [0, 0.1) is 0 Å². The number of rotatable bonds is 30. The molecule has 1 amide bonds. The van der Waals surface area contributed by atoms with Gasteiger partial charge in [-0.1, -0.05) is 162 Å². The summed E-state index contributed by atoms with van der Waals surface area (Å²) in [6, 6.07) is 0. The number of carbonyl (C=O) groups is 3. The molecule has 6 heteroatoms. The second-order valence-electron chi connectivity index (χ2n) is 11.5. The van der Waals surface area contributed by atoms with Crippen molar-refractivity contribution in [3.8, 4) is 0 Å². The first-order chi connectivity index (χ1) is 19.4. The monoisotopic (exact) mass is 570 g/mol. The molecular weight excluding hydrogens is 502 g/mol. The molecule has 0 unspecified atom stereocenters. The summed E-state index contributed by atoms with van der Waals surface area (Å²) in [7, 11) is 0. The molecule has 0 bridgehead atoms. The first kappa shape index (κ1) is 40.5. The van der Waals surface area contributed by atoms with E-state index in [4.69, 9.17) is 10.2 Å². The van der Waals surface area contributed by atoms with Crippen LogP contribution in [0.25, 0.3) is 0 Å². The first-order valence-corrected chi connectivity index (χ1v) is 17.1. The van der Waals surface area contributed by atoms with Gasteiger partial charge in [-0.05, 0) is 12.8 Å². The second kappa shape index (κ2) is 35.4. The molecule has 0 aromatic rings. The molecule has 0 aromatic heterocycles. The third kappa shape index (κ3) is 40.9. The zero-order valence-electron chi connectivity index (χ0n) is 26.6. The van der Waals surface area contributed by atoms with Gasteiger partial charge in [0.15, 0.2) is 0 Å². The number of carboxylic acids is 2. The lowest BCUT2D eigenvalue weighted by Crippen LogP contribution is -2.24. The van der Waals surface area contributed by atoms with E-state index in [2.05, 4.69) is 19.2 Å². The predicted octanol–water partition coefficient (Wildman–Crippen LogP) is 10.2. The number of aliphatic carboxylic acids is 2. The maximum atomic E-state index is 11.3. The zero-order chi connectivity index (χ0) is 29.9. The van der Waals surface area contributed by atoms with Crippen molar-refractivity contribution in [1.29, 1.82) is 0 Å². The lowest BCUT2D eigenvalue weighted by molar-refractivity contribution is -0.139. The average Bonchev–Trinajstić information content (AvgIpc) is 2.93. The zero-order valence-corrected chi connectivity index (χ0v) is 26.6. The summed E-state index contributed by atoms with van der Waals surface area (Å²) >= 11 is 0. The second-order valence-corrected chi connectivity index (χ2v) is 11.5. The van der Waals surface area contributed by atoms with Gasteiger partial charge in [0, 0.05) is 19.4 Å². The van der Waals surface area contributed by atoms with Gasteiger partial charge in [-0.2, -0.15) is 0 Å². The fourth-order valence-corrected chi connectivity index (χ4v) is 4.80. The molecule has 0 saturated heterocycles. The van der Waals surface area contributed by atoms with Crippen LogP contribution in [-0.2, 0) is 14.4 Å². The molecule has 238 valence electrons. The van der Waals surface area contributed by atoms with Gasteiger partial charge >= 0.3 is 11.9 Å². The van der Waals surface area contributed by atoms with Crippen molar-refractivity contribution in [3.05, 3.63) is 0 Å². The van der Waals surface area contributed by atoms with Crippen LogP contribution >= 0.6 is 0 Å². The molecular formula is C34H67NO5. The van der Waals surface area contributed by atoms with E-state index >= 15 is 0 Å². The smallest absolute Gasteiger partial charge is 0.303 e. The number of hydrogen-bond donors (Lipinski definition) is 3. The molecule has 3 N–H and O–H groups in total. The highest BCUT2D eigenvalue weighted by Crippen LogP contribution is 2.13. The Labute approximate surface area is 247 Å². The van der Waals surface area contributed by atoms with Gasteiger partial charge in [-0.3, -0.25) is 14.4 Å². The third-order valence-electron chi connectivity index (χ3n) is 7.41. The highest BCUT2D eigenvalue weighted by molar-refractivity contribution is 5.80. The molecule has 0 heterocycles. The molecule has 6 nitrogen and oxygen atoms in total. The number of carboxylic acid groups (broad SMARTS) is 2. The van der Waals surface area contributed by atoms with E-state index in [1.807, 2.05) is 0 Å². The fraction of sp³-hybridized carbons (Fsp3) is 0.912. The first-order valence-electron chi connectivity index (χ1n) is 17.1. The summed E-state index contributed by atoms with van der Waals surface area (Å²) in [5.41, 5.74) is 0. The van der Waals surface area contributed by atoms with Crippen molar-refractivity contribution in [2.45, 2.75) is 194 Å². The van der Waals surface area contributed by atoms with Crippen LogP contribution in [0.3, 0.4) is 0 Å². The Morgan fingerprint density at radius 3 is 1.02 bits per heavy atom. The van der Waals surface area contributed by atoms with Gasteiger partial charge < -0.3 is 15.5 Å². The Bertz CT molecular complexity index is 552. The summed E-state index contributed by atoms with van der Waals surface area (Å²) < 4.78 is 0. The van der Waals surface area contributed by atoms with E-state index in [0.29, 0.717) is 13.0 Å². The number of amides is 1. The maximum absolute atomic E-state index is 11.3. The molecule has 0 aliphatic heterocycles. The largest absolute Gasteiger partial charge is 0.481 e. The van der Waals surface area contributed by atoms with E-state index in [9.17, 15) is 14.4 Å². The van der Waals surface area contributed by atoms with E-state index in [1.54, 1.807) is 0 Å². The number of nitrogens with one attached hydrogen (secondary N) is 1. The minimum absolute atomic E-state index is 0.0791. The minimum Gasteiger partial charge on any atom is -0.481 e. The Morgan fingerprint density at radius 1 is 0.400 bits per heavy atom. The molecule has 0 saturated carbocycles. The van der Waals surface area contributed by atoms with Crippen molar-refractivity contribution in [3.63, 3.8) is 0 Å². The molecule has 0 spiro atoms. The topological polar surface area (TPSA) is 104 Å². The van der Waals surface area contributed by atoms with E-state index < -0.39 is 11.9 Å². The number of unbranched alkanes of at least 4 members (excludes halogenated alkanes) is 23. The molecule has 0 fully saturated rings. The Kier molecular flexibility index (Phi) is 35.9. The van der Waals surface area contributed by atoms with Crippen molar-refractivity contribution in [2.24, 2.45) is 0 Å². The lowest BCUT2D eigenvalue weighted by atomic mass is 10.0. The van der Waals surface area contributed by atoms with Crippen molar-refractivity contribution in [2.75, 3.05) is 6.54 Å². The maximum Gasteiger partial charge on any atom is 0.303 e. The van der Waals surface area contributed by atoms with Crippen molar-refractivity contribution < 1.29 is 24.6 Å². The van der Waals surface area contributed by atoms with Crippen LogP contribution in [-0.4, -0.2) is 34.6 Å². The highest BCUT2D eigenvalue weighted by Gasteiger charge is 2.04. The summed E-state index contributed by atoms with van der Waals surface area (Å²) in [6.45, 7) is 5.19. The standard InChI is InChI=1S/C18H35NO3.C16H32O2/c1-2-3-4-5-6-7-8-9-10-11-12-13-16-19-17(20)14-15-18(21)22;1-2-3-4-5-6-7-8-9-10-11-12-13-14-15-16(17)18/h2-16H2,1H3,(H,19,20)(H,21,22);2-15H2,1H3,(H,17,18).